The van der Waals surface area contributed by atoms with E-state index in [1.165, 1.54) is 11.1 Å². The third-order valence-electron chi connectivity index (χ3n) is 3.39. The lowest BCUT2D eigenvalue weighted by Crippen LogP contribution is -2.20. The van der Waals surface area contributed by atoms with Gasteiger partial charge in [-0.2, -0.15) is 0 Å². The predicted molar refractivity (Wildman–Crippen MR) is 90.8 cm³/mol. The summed E-state index contributed by atoms with van der Waals surface area (Å²) in [4.78, 5) is 0. The zero-order valence-corrected chi connectivity index (χ0v) is 14.5. The molecule has 0 aliphatic carbocycles. The molecule has 1 atom stereocenters. The van der Waals surface area contributed by atoms with Gasteiger partial charge < -0.3 is 5.32 Å². The molecule has 1 nitrogen and oxygen atoms in total. The molecule has 0 bridgehead atoms. The van der Waals surface area contributed by atoms with E-state index in [9.17, 15) is 0 Å². The molecule has 0 aliphatic rings. The standard InChI is InChI=1S/C16H16BrCl2N/c1-10-7-12(17)3-5-14(10)16(20-2)9-11-8-13(18)4-6-15(11)19/h3-8,16,20H,9H2,1-2H3. The van der Waals surface area contributed by atoms with Crippen molar-refractivity contribution in [1.29, 1.82) is 0 Å². The molecule has 0 aliphatic heterocycles. The molecule has 0 spiro atoms. The van der Waals surface area contributed by atoms with Crippen LogP contribution < -0.4 is 5.32 Å². The fourth-order valence-corrected chi connectivity index (χ4v) is 3.18. The van der Waals surface area contributed by atoms with E-state index < -0.39 is 0 Å². The molecule has 2 aromatic carbocycles. The van der Waals surface area contributed by atoms with E-state index in [0.717, 1.165) is 21.5 Å². The van der Waals surface area contributed by atoms with Crippen molar-refractivity contribution < 1.29 is 0 Å². The Balaban J connectivity index is 2.31. The van der Waals surface area contributed by atoms with Crippen molar-refractivity contribution in [3.8, 4) is 0 Å². The van der Waals surface area contributed by atoms with Gasteiger partial charge in [0.05, 0.1) is 0 Å². The van der Waals surface area contributed by atoms with Crippen molar-refractivity contribution in [1.82, 2.24) is 5.32 Å². The first kappa shape index (κ1) is 15.8. The predicted octanol–water partition coefficient (Wildman–Crippen LogP) is 5.57. The van der Waals surface area contributed by atoms with E-state index in [0.29, 0.717) is 5.02 Å². The van der Waals surface area contributed by atoms with Crippen molar-refractivity contribution in [2.45, 2.75) is 19.4 Å². The average molecular weight is 373 g/mol. The highest BCUT2D eigenvalue weighted by Gasteiger charge is 2.14. The molecule has 0 saturated heterocycles. The number of likely N-dealkylation sites (N-methyl/N-ethyl adjacent to an activating group) is 1. The molecule has 4 heteroatoms. The molecule has 0 amide bonds. The molecular formula is C16H16BrCl2N. The molecule has 0 heterocycles. The molecule has 20 heavy (non-hydrogen) atoms. The van der Waals surface area contributed by atoms with Crippen molar-refractivity contribution >= 4 is 39.1 Å². The normalized spacial score (nSPS) is 12.4. The Bertz CT molecular complexity index is 613. The third-order valence-corrected chi connectivity index (χ3v) is 4.48. The Hall–Kier alpha value is -0.540. The fourth-order valence-electron chi connectivity index (χ4n) is 2.32. The second-order valence-corrected chi connectivity index (χ2v) is 6.54. The summed E-state index contributed by atoms with van der Waals surface area (Å²) in [5.41, 5.74) is 3.57. The Morgan fingerprint density at radius 1 is 1.15 bits per heavy atom. The SMILES string of the molecule is CNC(Cc1cc(Cl)ccc1Cl)c1ccc(Br)cc1C. The minimum Gasteiger partial charge on any atom is -0.313 e. The summed E-state index contributed by atoms with van der Waals surface area (Å²) in [5.74, 6) is 0. The van der Waals surface area contributed by atoms with E-state index in [2.05, 4.69) is 46.4 Å². The molecule has 2 rings (SSSR count). The smallest absolute Gasteiger partial charge is 0.0439 e. The van der Waals surface area contributed by atoms with Crippen molar-refractivity contribution in [2.24, 2.45) is 0 Å². The maximum atomic E-state index is 6.26. The topological polar surface area (TPSA) is 12.0 Å². The number of rotatable bonds is 4. The molecule has 0 radical (unpaired) electrons. The van der Waals surface area contributed by atoms with E-state index in [-0.39, 0.29) is 6.04 Å². The zero-order chi connectivity index (χ0) is 14.7. The van der Waals surface area contributed by atoms with Crippen molar-refractivity contribution in [2.75, 3.05) is 7.05 Å². The minimum atomic E-state index is 0.207. The highest BCUT2D eigenvalue weighted by Crippen LogP contribution is 2.28. The van der Waals surface area contributed by atoms with E-state index >= 15 is 0 Å². The highest BCUT2D eigenvalue weighted by molar-refractivity contribution is 9.10. The van der Waals surface area contributed by atoms with Crippen LogP contribution in [-0.2, 0) is 6.42 Å². The van der Waals surface area contributed by atoms with Gasteiger partial charge in [0.25, 0.3) is 0 Å². The number of hydrogen-bond acceptors (Lipinski definition) is 1. The maximum absolute atomic E-state index is 6.26. The summed E-state index contributed by atoms with van der Waals surface area (Å²) in [6.07, 6.45) is 0.804. The summed E-state index contributed by atoms with van der Waals surface area (Å²) < 4.78 is 1.09. The van der Waals surface area contributed by atoms with E-state index in [1.807, 2.05) is 25.2 Å². The molecule has 2 aromatic rings. The van der Waals surface area contributed by atoms with Gasteiger partial charge in [0.1, 0.15) is 0 Å². The Kier molecular flexibility index (Phi) is 5.50. The zero-order valence-electron chi connectivity index (χ0n) is 11.4. The van der Waals surface area contributed by atoms with Gasteiger partial charge in [0.15, 0.2) is 0 Å². The summed E-state index contributed by atoms with van der Waals surface area (Å²) in [6, 6.07) is 12.1. The molecule has 1 unspecified atom stereocenters. The average Bonchev–Trinajstić information content (AvgIpc) is 2.40. The van der Waals surface area contributed by atoms with Crippen LogP contribution in [0, 0.1) is 6.92 Å². The molecule has 0 fully saturated rings. The second kappa shape index (κ2) is 6.95. The quantitative estimate of drug-likeness (QED) is 0.739. The molecular weight excluding hydrogens is 357 g/mol. The van der Waals surface area contributed by atoms with Gasteiger partial charge in [-0.1, -0.05) is 45.2 Å². The van der Waals surface area contributed by atoms with E-state index in [1.54, 1.807) is 0 Å². The molecule has 0 aromatic heterocycles. The summed E-state index contributed by atoms with van der Waals surface area (Å²) in [6.45, 7) is 2.12. The number of benzene rings is 2. The minimum absolute atomic E-state index is 0.207. The van der Waals surface area contributed by atoms with Crippen molar-refractivity contribution in [3.63, 3.8) is 0 Å². The molecule has 106 valence electrons. The number of nitrogens with one attached hydrogen (secondary N) is 1. The molecule has 0 saturated carbocycles. The number of halogens is 3. The summed E-state index contributed by atoms with van der Waals surface area (Å²) >= 11 is 15.8. The van der Waals surface area contributed by atoms with Crippen LogP contribution >= 0.6 is 39.1 Å². The van der Waals surface area contributed by atoms with Crippen LogP contribution in [0.2, 0.25) is 10.0 Å². The first-order chi connectivity index (χ1) is 9.51. The Labute approximate surface area is 138 Å². The second-order valence-electron chi connectivity index (χ2n) is 4.78. The highest BCUT2D eigenvalue weighted by atomic mass is 79.9. The van der Waals surface area contributed by atoms with E-state index in [4.69, 9.17) is 23.2 Å². The van der Waals surface area contributed by atoms with Crippen LogP contribution in [0.3, 0.4) is 0 Å². The van der Waals surface area contributed by atoms with Crippen LogP contribution in [0.5, 0.6) is 0 Å². The lowest BCUT2D eigenvalue weighted by Gasteiger charge is -2.20. The van der Waals surface area contributed by atoms with Gasteiger partial charge in [-0.05, 0) is 67.4 Å². The van der Waals surface area contributed by atoms with Crippen LogP contribution in [0.15, 0.2) is 40.9 Å². The van der Waals surface area contributed by atoms with Crippen molar-refractivity contribution in [3.05, 3.63) is 67.6 Å². The van der Waals surface area contributed by atoms with Crippen LogP contribution in [0.25, 0.3) is 0 Å². The fraction of sp³-hybridized carbons (Fsp3) is 0.250. The lowest BCUT2D eigenvalue weighted by molar-refractivity contribution is 0.589. The first-order valence-electron chi connectivity index (χ1n) is 6.38. The van der Waals surface area contributed by atoms with Gasteiger partial charge >= 0.3 is 0 Å². The van der Waals surface area contributed by atoms with Gasteiger partial charge in [0.2, 0.25) is 0 Å². The first-order valence-corrected chi connectivity index (χ1v) is 7.93. The summed E-state index contributed by atoms with van der Waals surface area (Å²) in [7, 11) is 1.96. The van der Waals surface area contributed by atoms with Crippen LogP contribution in [-0.4, -0.2) is 7.05 Å². The van der Waals surface area contributed by atoms with Gasteiger partial charge in [-0.3, -0.25) is 0 Å². The Morgan fingerprint density at radius 3 is 2.55 bits per heavy atom. The molecule has 1 N–H and O–H groups in total. The monoisotopic (exact) mass is 371 g/mol. The van der Waals surface area contributed by atoms with Gasteiger partial charge in [-0.25, -0.2) is 0 Å². The van der Waals surface area contributed by atoms with Crippen LogP contribution in [0.1, 0.15) is 22.7 Å². The number of hydrogen-bond donors (Lipinski definition) is 1. The van der Waals surface area contributed by atoms with Crippen LogP contribution in [0.4, 0.5) is 0 Å². The largest absolute Gasteiger partial charge is 0.313 e. The number of aryl methyl sites for hydroxylation is 1. The third kappa shape index (κ3) is 3.76. The maximum Gasteiger partial charge on any atom is 0.0439 e. The summed E-state index contributed by atoms with van der Waals surface area (Å²) in [5, 5.41) is 4.83. The lowest BCUT2D eigenvalue weighted by atomic mass is 9.95. The van der Waals surface area contributed by atoms with Gasteiger partial charge in [0, 0.05) is 20.6 Å². The van der Waals surface area contributed by atoms with Gasteiger partial charge in [-0.15, -0.1) is 0 Å². The Morgan fingerprint density at radius 2 is 1.90 bits per heavy atom.